The summed E-state index contributed by atoms with van der Waals surface area (Å²) in [5.74, 6) is 0. The average Bonchev–Trinajstić information content (AvgIpc) is 2.74. The molecular weight excluding hydrogens is 204 g/mol. The molecule has 5 heteroatoms. The van der Waals surface area contributed by atoms with Crippen LogP contribution >= 0.6 is 0 Å². The van der Waals surface area contributed by atoms with Crippen LogP contribution in [-0.2, 0) is 17.9 Å². The monoisotopic (exact) mass is 224 g/mol. The highest BCUT2D eigenvalue weighted by Gasteiger charge is 2.21. The second kappa shape index (κ2) is 5.41. The summed E-state index contributed by atoms with van der Waals surface area (Å²) in [6.45, 7) is 0.988. The summed E-state index contributed by atoms with van der Waals surface area (Å²) in [7, 11) is 1.69. The predicted octanol–water partition coefficient (Wildman–Crippen LogP) is 1.39. The Kier molecular flexibility index (Phi) is 3.90. The standard InChI is InChI=1S/C11H20N4O/c1-16-8-11-10(7-12)13-14-15(11)9-5-3-2-4-6-9/h9H,2-8,12H2,1H3. The van der Waals surface area contributed by atoms with Crippen LogP contribution in [0.25, 0.3) is 0 Å². The summed E-state index contributed by atoms with van der Waals surface area (Å²) in [6, 6.07) is 0.492. The van der Waals surface area contributed by atoms with E-state index in [2.05, 4.69) is 10.3 Å². The molecule has 1 heterocycles. The molecule has 0 radical (unpaired) electrons. The van der Waals surface area contributed by atoms with Crippen LogP contribution in [0.5, 0.6) is 0 Å². The van der Waals surface area contributed by atoms with Crippen molar-refractivity contribution in [3.05, 3.63) is 11.4 Å². The van der Waals surface area contributed by atoms with Gasteiger partial charge < -0.3 is 10.5 Å². The largest absolute Gasteiger partial charge is 0.378 e. The molecule has 0 saturated heterocycles. The molecule has 1 aromatic heterocycles. The molecule has 1 aromatic rings. The highest BCUT2D eigenvalue weighted by molar-refractivity contribution is 5.09. The zero-order valence-corrected chi connectivity index (χ0v) is 9.85. The average molecular weight is 224 g/mol. The van der Waals surface area contributed by atoms with Gasteiger partial charge in [-0.3, -0.25) is 0 Å². The normalized spacial score (nSPS) is 17.9. The molecule has 1 saturated carbocycles. The third-order valence-corrected chi connectivity index (χ3v) is 3.27. The van der Waals surface area contributed by atoms with Crippen molar-refractivity contribution in [2.75, 3.05) is 7.11 Å². The summed E-state index contributed by atoms with van der Waals surface area (Å²) < 4.78 is 7.24. The molecule has 2 rings (SSSR count). The Labute approximate surface area is 96.0 Å². The van der Waals surface area contributed by atoms with E-state index in [0.717, 1.165) is 11.4 Å². The fraction of sp³-hybridized carbons (Fsp3) is 0.818. The molecule has 0 atom stereocenters. The van der Waals surface area contributed by atoms with Crippen LogP contribution in [0.1, 0.15) is 49.5 Å². The van der Waals surface area contributed by atoms with Gasteiger partial charge in [-0.2, -0.15) is 0 Å². The molecule has 0 aromatic carbocycles. The summed E-state index contributed by atoms with van der Waals surface area (Å²) in [5.41, 5.74) is 7.57. The number of methoxy groups -OCH3 is 1. The third-order valence-electron chi connectivity index (χ3n) is 3.27. The van der Waals surface area contributed by atoms with Gasteiger partial charge in [0, 0.05) is 13.7 Å². The Hall–Kier alpha value is -0.940. The second-order valence-corrected chi connectivity index (χ2v) is 4.36. The van der Waals surface area contributed by atoms with E-state index >= 15 is 0 Å². The van der Waals surface area contributed by atoms with E-state index in [1.54, 1.807) is 7.11 Å². The first-order valence-corrected chi connectivity index (χ1v) is 5.98. The number of ether oxygens (including phenoxy) is 1. The van der Waals surface area contributed by atoms with Gasteiger partial charge in [-0.15, -0.1) is 5.10 Å². The molecule has 1 fully saturated rings. The smallest absolute Gasteiger partial charge is 0.102 e. The topological polar surface area (TPSA) is 66.0 Å². The van der Waals surface area contributed by atoms with Crippen LogP contribution < -0.4 is 5.73 Å². The zero-order chi connectivity index (χ0) is 11.4. The van der Waals surface area contributed by atoms with Gasteiger partial charge in [0.2, 0.25) is 0 Å². The molecule has 0 bridgehead atoms. The van der Waals surface area contributed by atoms with E-state index in [1.807, 2.05) is 4.68 Å². The lowest BCUT2D eigenvalue weighted by Gasteiger charge is -2.23. The molecule has 0 unspecified atom stereocenters. The Bertz CT molecular complexity index is 331. The number of rotatable bonds is 4. The first-order valence-electron chi connectivity index (χ1n) is 5.98. The van der Waals surface area contributed by atoms with E-state index in [9.17, 15) is 0 Å². The summed E-state index contributed by atoms with van der Waals surface area (Å²) in [6.07, 6.45) is 6.31. The summed E-state index contributed by atoms with van der Waals surface area (Å²) >= 11 is 0. The Balaban J connectivity index is 2.20. The van der Waals surface area contributed by atoms with Gasteiger partial charge in [-0.1, -0.05) is 24.5 Å². The van der Waals surface area contributed by atoms with Crippen LogP contribution in [0.2, 0.25) is 0 Å². The number of nitrogens with zero attached hydrogens (tertiary/aromatic N) is 3. The van der Waals surface area contributed by atoms with Crippen LogP contribution in [-0.4, -0.2) is 22.1 Å². The van der Waals surface area contributed by atoms with Gasteiger partial charge in [0.15, 0.2) is 0 Å². The highest BCUT2D eigenvalue weighted by Crippen LogP contribution is 2.29. The molecule has 1 aliphatic carbocycles. The van der Waals surface area contributed by atoms with Gasteiger partial charge in [0.1, 0.15) is 5.69 Å². The van der Waals surface area contributed by atoms with E-state index in [0.29, 0.717) is 19.2 Å². The minimum atomic E-state index is 0.436. The number of nitrogens with two attached hydrogens (primary N) is 1. The molecule has 1 aliphatic rings. The van der Waals surface area contributed by atoms with Crippen molar-refractivity contribution in [2.45, 2.75) is 51.3 Å². The Morgan fingerprint density at radius 1 is 1.38 bits per heavy atom. The van der Waals surface area contributed by atoms with Gasteiger partial charge in [-0.25, -0.2) is 4.68 Å². The van der Waals surface area contributed by atoms with E-state index in [1.165, 1.54) is 32.1 Å². The van der Waals surface area contributed by atoms with E-state index in [-0.39, 0.29) is 0 Å². The molecule has 16 heavy (non-hydrogen) atoms. The van der Waals surface area contributed by atoms with E-state index < -0.39 is 0 Å². The molecule has 0 amide bonds. The van der Waals surface area contributed by atoms with Gasteiger partial charge in [0.25, 0.3) is 0 Å². The maximum Gasteiger partial charge on any atom is 0.102 e. The minimum Gasteiger partial charge on any atom is -0.378 e. The zero-order valence-electron chi connectivity index (χ0n) is 9.85. The summed E-state index contributed by atoms with van der Waals surface area (Å²) in [5, 5.41) is 8.37. The van der Waals surface area contributed by atoms with Crippen molar-refractivity contribution in [2.24, 2.45) is 5.73 Å². The van der Waals surface area contributed by atoms with Gasteiger partial charge >= 0.3 is 0 Å². The molecule has 90 valence electrons. The fourth-order valence-corrected chi connectivity index (χ4v) is 2.41. The molecule has 0 aliphatic heterocycles. The highest BCUT2D eigenvalue weighted by atomic mass is 16.5. The minimum absolute atomic E-state index is 0.436. The lowest BCUT2D eigenvalue weighted by atomic mass is 9.95. The van der Waals surface area contributed by atoms with Crippen LogP contribution in [0.3, 0.4) is 0 Å². The van der Waals surface area contributed by atoms with Gasteiger partial charge in [0.05, 0.1) is 18.3 Å². The van der Waals surface area contributed by atoms with Crippen molar-refractivity contribution in [3.8, 4) is 0 Å². The lowest BCUT2D eigenvalue weighted by Crippen LogP contribution is -2.17. The maximum atomic E-state index is 5.65. The maximum absolute atomic E-state index is 5.65. The first kappa shape index (κ1) is 11.5. The van der Waals surface area contributed by atoms with Crippen molar-refractivity contribution in [3.63, 3.8) is 0 Å². The Morgan fingerprint density at radius 3 is 2.75 bits per heavy atom. The summed E-state index contributed by atoms with van der Waals surface area (Å²) in [4.78, 5) is 0. The third kappa shape index (κ3) is 2.25. The molecule has 2 N–H and O–H groups in total. The van der Waals surface area contributed by atoms with E-state index in [4.69, 9.17) is 10.5 Å². The first-order chi connectivity index (χ1) is 7.86. The van der Waals surface area contributed by atoms with Crippen LogP contribution in [0.4, 0.5) is 0 Å². The lowest BCUT2D eigenvalue weighted by molar-refractivity contribution is 0.170. The Morgan fingerprint density at radius 2 is 2.12 bits per heavy atom. The fourth-order valence-electron chi connectivity index (χ4n) is 2.41. The van der Waals surface area contributed by atoms with Crippen molar-refractivity contribution < 1.29 is 4.74 Å². The van der Waals surface area contributed by atoms with Gasteiger partial charge in [-0.05, 0) is 12.8 Å². The molecule has 0 spiro atoms. The van der Waals surface area contributed by atoms with Crippen LogP contribution in [0.15, 0.2) is 0 Å². The quantitative estimate of drug-likeness (QED) is 0.839. The van der Waals surface area contributed by atoms with Crippen LogP contribution in [0, 0.1) is 0 Å². The molecule has 5 nitrogen and oxygen atoms in total. The predicted molar refractivity (Wildman–Crippen MR) is 60.7 cm³/mol. The SMILES string of the molecule is COCc1c(CN)nnn1C1CCCCC1. The molecular formula is C11H20N4O. The number of hydrogen-bond acceptors (Lipinski definition) is 4. The second-order valence-electron chi connectivity index (χ2n) is 4.36. The van der Waals surface area contributed by atoms with Crippen molar-refractivity contribution in [1.82, 2.24) is 15.0 Å². The van der Waals surface area contributed by atoms with Crippen molar-refractivity contribution in [1.29, 1.82) is 0 Å². The van der Waals surface area contributed by atoms with Crippen molar-refractivity contribution >= 4 is 0 Å². The number of hydrogen-bond donors (Lipinski definition) is 1. The number of aromatic nitrogens is 3.